The van der Waals surface area contributed by atoms with Gasteiger partial charge in [-0.25, -0.2) is 0 Å². The van der Waals surface area contributed by atoms with Crippen LogP contribution in [0.3, 0.4) is 0 Å². The predicted molar refractivity (Wildman–Crippen MR) is 130 cm³/mol. The lowest BCUT2D eigenvalue weighted by Gasteiger charge is -2.30. The first-order valence-electron chi connectivity index (χ1n) is 11.6. The number of piperidine rings is 1. The summed E-state index contributed by atoms with van der Waals surface area (Å²) in [5.41, 5.74) is 1.95. The number of carbonyl (C=O) groups excluding carboxylic acids is 2. The van der Waals surface area contributed by atoms with Gasteiger partial charge in [-0.15, -0.1) is 0 Å². The van der Waals surface area contributed by atoms with Gasteiger partial charge in [0.25, 0.3) is 0 Å². The Kier molecular flexibility index (Phi) is 8.93. The van der Waals surface area contributed by atoms with Gasteiger partial charge < -0.3 is 19.7 Å². The largest absolute Gasteiger partial charge is 0.493 e. The van der Waals surface area contributed by atoms with Crippen molar-refractivity contribution in [3.05, 3.63) is 65.7 Å². The van der Waals surface area contributed by atoms with E-state index in [1.807, 2.05) is 48.5 Å². The highest BCUT2D eigenvalue weighted by atomic mass is 16.5. The number of rotatable bonds is 9. The molecule has 0 saturated carbocycles. The molecule has 0 radical (unpaired) electrons. The van der Waals surface area contributed by atoms with E-state index in [1.165, 1.54) is 0 Å². The van der Waals surface area contributed by atoms with Gasteiger partial charge in [0.05, 0.1) is 13.7 Å². The molecule has 1 N–H and O–H groups in total. The average Bonchev–Trinajstić information content (AvgIpc) is 2.85. The summed E-state index contributed by atoms with van der Waals surface area (Å²) in [6.07, 6.45) is 4.72. The van der Waals surface area contributed by atoms with Crippen LogP contribution in [0.4, 0.5) is 0 Å². The Morgan fingerprint density at radius 2 is 1.82 bits per heavy atom. The topological polar surface area (TPSA) is 67.9 Å². The van der Waals surface area contributed by atoms with Gasteiger partial charge in [0.2, 0.25) is 11.8 Å². The maximum atomic E-state index is 12.6. The number of hydrogen-bond donors (Lipinski definition) is 1. The molecule has 1 heterocycles. The monoisotopic (exact) mass is 450 g/mol. The Labute approximate surface area is 196 Å². The minimum atomic E-state index is -0.0515. The lowest BCUT2D eigenvalue weighted by molar-refractivity contribution is -0.132. The SMILES string of the molecule is COc1cc(/C=C/C(=O)N2CCC(C(=O)NCc3ccccc3)CC2)ccc1OCC(C)C. The molecule has 6 nitrogen and oxygen atoms in total. The number of ether oxygens (including phenoxy) is 2. The normalized spacial score (nSPS) is 14.5. The Morgan fingerprint density at radius 1 is 1.09 bits per heavy atom. The van der Waals surface area contributed by atoms with Crippen LogP contribution in [-0.4, -0.2) is 43.5 Å². The molecule has 176 valence electrons. The molecule has 1 fully saturated rings. The average molecular weight is 451 g/mol. The molecule has 0 atom stereocenters. The third kappa shape index (κ3) is 7.38. The molecule has 2 aromatic rings. The van der Waals surface area contributed by atoms with Crippen LogP contribution >= 0.6 is 0 Å². The van der Waals surface area contributed by atoms with Crippen LogP contribution in [0.25, 0.3) is 6.08 Å². The molecule has 2 amide bonds. The number of nitrogens with zero attached hydrogens (tertiary/aromatic N) is 1. The summed E-state index contributed by atoms with van der Waals surface area (Å²) < 4.78 is 11.2. The van der Waals surface area contributed by atoms with E-state index in [1.54, 1.807) is 24.2 Å². The van der Waals surface area contributed by atoms with Crippen LogP contribution in [0.1, 0.15) is 37.8 Å². The van der Waals surface area contributed by atoms with Crippen molar-refractivity contribution in [1.29, 1.82) is 0 Å². The zero-order valence-electron chi connectivity index (χ0n) is 19.8. The van der Waals surface area contributed by atoms with Gasteiger partial charge in [0.15, 0.2) is 11.5 Å². The van der Waals surface area contributed by atoms with Gasteiger partial charge >= 0.3 is 0 Å². The van der Waals surface area contributed by atoms with Crippen LogP contribution in [-0.2, 0) is 16.1 Å². The van der Waals surface area contributed by atoms with Crippen molar-refractivity contribution in [2.75, 3.05) is 26.8 Å². The third-order valence-electron chi connectivity index (χ3n) is 5.67. The van der Waals surface area contributed by atoms with Crippen LogP contribution in [0, 0.1) is 11.8 Å². The number of carbonyl (C=O) groups is 2. The number of methoxy groups -OCH3 is 1. The molecule has 3 rings (SSSR count). The summed E-state index contributed by atoms with van der Waals surface area (Å²) in [5.74, 6) is 1.73. The van der Waals surface area contributed by atoms with E-state index in [0.717, 1.165) is 11.1 Å². The number of amides is 2. The lowest BCUT2D eigenvalue weighted by Crippen LogP contribution is -2.42. The highest BCUT2D eigenvalue weighted by Crippen LogP contribution is 2.29. The molecule has 1 aliphatic heterocycles. The second-order valence-electron chi connectivity index (χ2n) is 8.75. The van der Waals surface area contributed by atoms with E-state index in [2.05, 4.69) is 19.2 Å². The molecule has 0 bridgehead atoms. The molecule has 1 aliphatic rings. The third-order valence-corrected chi connectivity index (χ3v) is 5.67. The first-order chi connectivity index (χ1) is 16.0. The number of benzene rings is 2. The van der Waals surface area contributed by atoms with Crippen molar-refractivity contribution in [2.24, 2.45) is 11.8 Å². The minimum Gasteiger partial charge on any atom is -0.493 e. The fourth-order valence-electron chi connectivity index (χ4n) is 3.73. The molecule has 33 heavy (non-hydrogen) atoms. The molecular weight excluding hydrogens is 416 g/mol. The quantitative estimate of drug-likeness (QED) is 0.579. The lowest BCUT2D eigenvalue weighted by atomic mass is 9.95. The number of likely N-dealkylation sites (tertiary alicyclic amines) is 1. The molecule has 6 heteroatoms. The van der Waals surface area contributed by atoms with E-state index in [4.69, 9.17) is 9.47 Å². The summed E-state index contributed by atoms with van der Waals surface area (Å²) in [6, 6.07) is 15.5. The Balaban J connectivity index is 1.48. The molecule has 2 aromatic carbocycles. The molecule has 0 aromatic heterocycles. The minimum absolute atomic E-state index is 0.0442. The fourth-order valence-corrected chi connectivity index (χ4v) is 3.73. The number of nitrogens with one attached hydrogen (secondary N) is 1. The van der Waals surface area contributed by atoms with Crippen molar-refractivity contribution >= 4 is 17.9 Å². The van der Waals surface area contributed by atoms with Crippen molar-refractivity contribution in [3.63, 3.8) is 0 Å². The first kappa shape index (κ1) is 24.4. The standard InChI is InChI=1S/C27H34N2O4/c1-20(2)19-33-24-11-9-21(17-25(24)32-3)10-12-26(30)29-15-13-23(14-16-29)27(31)28-18-22-7-5-4-6-8-22/h4-12,17,20,23H,13-16,18-19H2,1-3H3,(H,28,31)/b12-10+. The molecule has 0 spiro atoms. The van der Waals surface area contributed by atoms with Crippen molar-refractivity contribution in [3.8, 4) is 11.5 Å². The van der Waals surface area contributed by atoms with Gasteiger partial charge in [-0.05, 0) is 48.1 Å². The van der Waals surface area contributed by atoms with E-state index < -0.39 is 0 Å². The van der Waals surface area contributed by atoms with Crippen molar-refractivity contribution in [1.82, 2.24) is 10.2 Å². The maximum absolute atomic E-state index is 12.6. The van der Waals surface area contributed by atoms with Gasteiger partial charge in [-0.1, -0.05) is 50.2 Å². The van der Waals surface area contributed by atoms with Crippen molar-refractivity contribution in [2.45, 2.75) is 33.2 Å². The van der Waals surface area contributed by atoms with Gasteiger partial charge in [-0.2, -0.15) is 0 Å². The summed E-state index contributed by atoms with van der Waals surface area (Å²) in [7, 11) is 1.61. The van der Waals surface area contributed by atoms with Gasteiger partial charge in [0, 0.05) is 31.6 Å². The molecular formula is C27H34N2O4. The van der Waals surface area contributed by atoms with Crippen LogP contribution in [0.5, 0.6) is 11.5 Å². The molecule has 0 unspecified atom stereocenters. The number of hydrogen-bond acceptors (Lipinski definition) is 4. The summed E-state index contributed by atoms with van der Waals surface area (Å²) in [4.78, 5) is 26.9. The smallest absolute Gasteiger partial charge is 0.246 e. The molecule has 1 saturated heterocycles. The summed E-state index contributed by atoms with van der Waals surface area (Å²) in [5, 5.41) is 3.01. The Hall–Kier alpha value is -3.28. The van der Waals surface area contributed by atoms with Crippen molar-refractivity contribution < 1.29 is 19.1 Å². The Bertz CT molecular complexity index is 948. The fraction of sp³-hybridized carbons (Fsp3) is 0.407. The highest BCUT2D eigenvalue weighted by molar-refractivity contribution is 5.92. The zero-order chi connectivity index (χ0) is 23.6. The maximum Gasteiger partial charge on any atom is 0.246 e. The summed E-state index contributed by atoms with van der Waals surface area (Å²) in [6.45, 7) is 6.50. The zero-order valence-corrected chi connectivity index (χ0v) is 19.8. The van der Waals surface area contributed by atoms with Crippen LogP contribution in [0.2, 0.25) is 0 Å². The summed E-state index contributed by atoms with van der Waals surface area (Å²) >= 11 is 0. The van der Waals surface area contributed by atoms with E-state index in [-0.39, 0.29) is 17.7 Å². The highest BCUT2D eigenvalue weighted by Gasteiger charge is 2.26. The van der Waals surface area contributed by atoms with Gasteiger partial charge in [0.1, 0.15) is 0 Å². The second kappa shape index (κ2) is 12.1. The van der Waals surface area contributed by atoms with Crippen LogP contribution < -0.4 is 14.8 Å². The van der Waals surface area contributed by atoms with Gasteiger partial charge in [-0.3, -0.25) is 9.59 Å². The van der Waals surface area contributed by atoms with E-state index >= 15 is 0 Å². The Morgan fingerprint density at radius 3 is 2.48 bits per heavy atom. The molecule has 0 aliphatic carbocycles. The first-order valence-corrected chi connectivity index (χ1v) is 11.6. The van der Waals surface area contributed by atoms with E-state index in [0.29, 0.717) is 56.5 Å². The van der Waals surface area contributed by atoms with Crippen LogP contribution in [0.15, 0.2) is 54.6 Å². The van der Waals surface area contributed by atoms with E-state index in [9.17, 15) is 9.59 Å². The second-order valence-corrected chi connectivity index (χ2v) is 8.75. The predicted octanol–water partition coefficient (Wildman–Crippen LogP) is 4.30.